The molecule has 0 radical (unpaired) electrons. The van der Waals surface area contributed by atoms with E-state index >= 15 is 0 Å². The van der Waals surface area contributed by atoms with Crippen molar-refractivity contribution in [2.24, 2.45) is 0 Å². The van der Waals surface area contributed by atoms with Crippen LogP contribution >= 0.6 is 0 Å². The molecule has 1 aromatic heterocycles. The Hall–Kier alpha value is -3.71. The number of nitrogens with zero attached hydrogens (tertiary/aromatic N) is 1. The molecule has 0 unspecified atom stereocenters. The Labute approximate surface area is 205 Å². The number of aromatic nitrogens is 1. The van der Waals surface area contributed by atoms with Gasteiger partial charge in [-0.15, -0.1) is 0 Å². The molecular formula is C28H27FN2O3S. The molecule has 0 bridgehead atoms. The number of halogens is 1. The highest BCUT2D eigenvalue weighted by Gasteiger charge is 2.21. The van der Waals surface area contributed by atoms with Gasteiger partial charge >= 0.3 is 0 Å². The third-order valence-electron chi connectivity index (χ3n) is 6.01. The largest absolute Gasteiger partial charge is 0.325 e. The standard InChI is InChI=1S/C28H27FN2O3S/c1-18-17-31(27(28(18)30-20(3)32)14-21-8-6-5-7-9-21)26-16-24(35(4,33)34)15-25(19(26)2)22-10-12-23(29)13-11-22/h5-13,15-17H,14H2,1-4H3,(H,30,32). The van der Waals surface area contributed by atoms with E-state index in [0.29, 0.717) is 28.9 Å². The summed E-state index contributed by atoms with van der Waals surface area (Å²) in [5.74, 6) is -0.550. The highest BCUT2D eigenvalue weighted by Crippen LogP contribution is 2.35. The van der Waals surface area contributed by atoms with E-state index in [2.05, 4.69) is 5.32 Å². The summed E-state index contributed by atoms with van der Waals surface area (Å²) < 4.78 is 40.8. The first kappa shape index (κ1) is 24.4. The number of amides is 1. The van der Waals surface area contributed by atoms with E-state index in [1.807, 2.05) is 54.9 Å². The Bertz CT molecular complexity index is 1510. The van der Waals surface area contributed by atoms with Gasteiger partial charge in [0, 0.05) is 25.8 Å². The fourth-order valence-corrected chi connectivity index (χ4v) is 4.93. The molecule has 0 atom stereocenters. The maximum Gasteiger partial charge on any atom is 0.221 e. The first-order chi connectivity index (χ1) is 16.5. The Balaban J connectivity index is 2.01. The minimum absolute atomic E-state index is 0.163. The van der Waals surface area contributed by atoms with Gasteiger partial charge in [-0.25, -0.2) is 12.8 Å². The molecule has 4 rings (SSSR count). The molecule has 1 N–H and O–H groups in total. The van der Waals surface area contributed by atoms with E-state index in [-0.39, 0.29) is 16.6 Å². The number of hydrogen-bond acceptors (Lipinski definition) is 3. The van der Waals surface area contributed by atoms with E-state index in [9.17, 15) is 17.6 Å². The smallest absolute Gasteiger partial charge is 0.221 e. The number of carbonyl (C=O) groups excluding carboxylic acids is 1. The molecule has 0 aliphatic heterocycles. The lowest BCUT2D eigenvalue weighted by Crippen LogP contribution is -2.11. The van der Waals surface area contributed by atoms with E-state index in [0.717, 1.165) is 22.4 Å². The highest BCUT2D eigenvalue weighted by molar-refractivity contribution is 7.90. The number of sulfone groups is 1. The third-order valence-corrected chi connectivity index (χ3v) is 7.10. The van der Waals surface area contributed by atoms with Crippen LogP contribution in [0.1, 0.15) is 29.3 Å². The van der Waals surface area contributed by atoms with Crippen LogP contribution in [-0.2, 0) is 21.1 Å². The summed E-state index contributed by atoms with van der Waals surface area (Å²) in [5.41, 5.74) is 6.37. The lowest BCUT2D eigenvalue weighted by atomic mass is 9.98. The van der Waals surface area contributed by atoms with Crippen molar-refractivity contribution < 1.29 is 17.6 Å². The summed E-state index contributed by atoms with van der Waals surface area (Å²) in [7, 11) is -3.54. The average Bonchev–Trinajstić information content (AvgIpc) is 3.09. The van der Waals surface area contributed by atoms with Gasteiger partial charge in [-0.3, -0.25) is 4.79 Å². The Morgan fingerprint density at radius 2 is 1.66 bits per heavy atom. The van der Waals surface area contributed by atoms with Crippen LogP contribution in [0.15, 0.2) is 77.8 Å². The van der Waals surface area contributed by atoms with Crippen LogP contribution < -0.4 is 5.32 Å². The third kappa shape index (κ3) is 5.20. The molecular weight excluding hydrogens is 463 g/mol. The summed E-state index contributed by atoms with van der Waals surface area (Å²) in [4.78, 5) is 12.2. The Kier molecular flexibility index (Phi) is 6.63. The van der Waals surface area contributed by atoms with Crippen LogP contribution in [0.5, 0.6) is 0 Å². The van der Waals surface area contributed by atoms with Gasteiger partial charge in [0.15, 0.2) is 9.84 Å². The molecule has 7 heteroatoms. The van der Waals surface area contributed by atoms with Crippen molar-refractivity contribution in [1.82, 2.24) is 4.57 Å². The van der Waals surface area contributed by atoms with Crippen molar-refractivity contribution in [2.75, 3.05) is 11.6 Å². The van der Waals surface area contributed by atoms with Crippen molar-refractivity contribution in [3.63, 3.8) is 0 Å². The lowest BCUT2D eigenvalue weighted by Gasteiger charge is -2.18. The van der Waals surface area contributed by atoms with Crippen LogP contribution in [0.25, 0.3) is 16.8 Å². The topological polar surface area (TPSA) is 68.2 Å². The van der Waals surface area contributed by atoms with Crippen molar-refractivity contribution in [3.8, 4) is 16.8 Å². The predicted molar refractivity (Wildman–Crippen MR) is 137 cm³/mol. The molecule has 1 amide bonds. The fourth-order valence-electron chi connectivity index (χ4n) is 4.28. The summed E-state index contributed by atoms with van der Waals surface area (Å²) in [6.07, 6.45) is 3.61. The molecule has 0 saturated heterocycles. The molecule has 0 saturated carbocycles. The number of hydrogen-bond donors (Lipinski definition) is 1. The van der Waals surface area contributed by atoms with E-state index in [4.69, 9.17) is 0 Å². The molecule has 0 aliphatic rings. The Morgan fingerprint density at radius 3 is 2.26 bits per heavy atom. The van der Waals surface area contributed by atoms with Gasteiger partial charge in [0.2, 0.25) is 5.91 Å². The van der Waals surface area contributed by atoms with E-state index in [1.54, 1.807) is 24.3 Å². The van der Waals surface area contributed by atoms with Gasteiger partial charge in [-0.05, 0) is 65.9 Å². The molecule has 0 aliphatic carbocycles. The monoisotopic (exact) mass is 490 g/mol. The van der Waals surface area contributed by atoms with Crippen molar-refractivity contribution in [1.29, 1.82) is 0 Å². The maximum absolute atomic E-state index is 13.6. The first-order valence-corrected chi connectivity index (χ1v) is 13.1. The van der Waals surface area contributed by atoms with Crippen molar-refractivity contribution in [3.05, 3.63) is 101 Å². The minimum Gasteiger partial charge on any atom is -0.325 e. The minimum atomic E-state index is -3.54. The van der Waals surface area contributed by atoms with Gasteiger partial charge in [-0.2, -0.15) is 0 Å². The van der Waals surface area contributed by atoms with Crippen LogP contribution in [-0.4, -0.2) is 25.1 Å². The zero-order valence-corrected chi connectivity index (χ0v) is 20.9. The number of anilines is 1. The molecule has 180 valence electrons. The van der Waals surface area contributed by atoms with Crippen LogP contribution in [0.4, 0.5) is 10.1 Å². The lowest BCUT2D eigenvalue weighted by molar-refractivity contribution is -0.114. The van der Waals surface area contributed by atoms with Crippen LogP contribution in [0.3, 0.4) is 0 Å². The number of rotatable bonds is 6. The summed E-state index contributed by atoms with van der Waals surface area (Å²) >= 11 is 0. The van der Waals surface area contributed by atoms with Crippen molar-refractivity contribution >= 4 is 21.4 Å². The summed E-state index contributed by atoms with van der Waals surface area (Å²) in [6.45, 7) is 5.29. The Morgan fingerprint density at radius 1 is 1.00 bits per heavy atom. The normalized spacial score (nSPS) is 11.5. The van der Waals surface area contributed by atoms with Crippen LogP contribution in [0.2, 0.25) is 0 Å². The zero-order chi connectivity index (χ0) is 25.3. The number of nitrogens with one attached hydrogen (secondary N) is 1. The predicted octanol–water partition coefficient (Wildman–Crippen LogP) is 5.85. The second-order valence-corrected chi connectivity index (χ2v) is 10.8. The molecule has 1 heterocycles. The molecule has 0 fully saturated rings. The maximum atomic E-state index is 13.6. The zero-order valence-electron chi connectivity index (χ0n) is 20.1. The van der Waals surface area contributed by atoms with Gasteiger partial charge in [0.1, 0.15) is 5.82 Å². The second kappa shape index (κ2) is 9.50. The number of benzene rings is 3. The highest BCUT2D eigenvalue weighted by atomic mass is 32.2. The van der Waals surface area contributed by atoms with Gasteiger partial charge < -0.3 is 9.88 Å². The molecule has 3 aromatic carbocycles. The molecule has 35 heavy (non-hydrogen) atoms. The van der Waals surface area contributed by atoms with Crippen LogP contribution in [0, 0.1) is 19.7 Å². The SMILES string of the molecule is CC(=O)Nc1c(C)cn(-c2cc(S(C)(=O)=O)cc(-c3ccc(F)cc3)c2C)c1Cc1ccccc1. The van der Waals surface area contributed by atoms with Gasteiger partial charge in [0.25, 0.3) is 0 Å². The van der Waals surface area contributed by atoms with Crippen molar-refractivity contribution in [2.45, 2.75) is 32.1 Å². The van der Waals surface area contributed by atoms with Gasteiger partial charge in [0.05, 0.1) is 22.0 Å². The average molecular weight is 491 g/mol. The number of aryl methyl sites for hydroxylation is 1. The molecule has 0 spiro atoms. The molecule has 5 nitrogen and oxygen atoms in total. The quantitative estimate of drug-likeness (QED) is 0.368. The second-order valence-electron chi connectivity index (χ2n) is 8.74. The summed E-state index contributed by atoms with van der Waals surface area (Å²) in [5, 5.41) is 2.95. The van der Waals surface area contributed by atoms with E-state index < -0.39 is 9.84 Å². The first-order valence-electron chi connectivity index (χ1n) is 11.2. The van der Waals surface area contributed by atoms with E-state index in [1.165, 1.54) is 25.3 Å². The van der Waals surface area contributed by atoms with Gasteiger partial charge in [-0.1, -0.05) is 42.5 Å². The fraction of sp³-hybridized carbons (Fsp3) is 0.179. The molecule has 4 aromatic rings. The summed E-state index contributed by atoms with van der Waals surface area (Å²) in [6, 6.07) is 19.1. The number of carbonyl (C=O) groups is 1.